The van der Waals surface area contributed by atoms with Crippen molar-refractivity contribution >= 4 is 11.3 Å². The van der Waals surface area contributed by atoms with Gasteiger partial charge in [-0.25, -0.2) is 4.98 Å². The highest BCUT2D eigenvalue weighted by atomic mass is 32.1. The van der Waals surface area contributed by atoms with Crippen LogP contribution in [0.1, 0.15) is 49.2 Å². The zero-order chi connectivity index (χ0) is 11.0. The molecule has 1 saturated heterocycles. The number of thiazole rings is 1. The zero-order valence-corrected chi connectivity index (χ0v) is 10.8. The molecule has 0 aromatic carbocycles. The third kappa shape index (κ3) is 2.46. The molecule has 0 amide bonds. The Kier molecular flexibility index (Phi) is 2.99. The van der Waals surface area contributed by atoms with Crippen LogP contribution in [-0.2, 0) is 6.54 Å². The SMILES string of the molecule is CC1CCN(Cc2nc(C3CC3)cs2)CC1. The van der Waals surface area contributed by atoms with Crippen molar-refractivity contribution in [3.63, 3.8) is 0 Å². The molecule has 0 spiro atoms. The molecule has 2 aliphatic rings. The lowest BCUT2D eigenvalue weighted by Gasteiger charge is -2.29. The van der Waals surface area contributed by atoms with Gasteiger partial charge in [-0.1, -0.05) is 6.92 Å². The van der Waals surface area contributed by atoms with Gasteiger partial charge in [0, 0.05) is 11.3 Å². The lowest BCUT2D eigenvalue weighted by molar-refractivity contribution is 0.185. The number of hydrogen-bond acceptors (Lipinski definition) is 3. The lowest BCUT2D eigenvalue weighted by atomic mass is 9.99. The van der Waals surface area contributed by atoms with Crippen LogP contribution in [0.5, 0.6) is 0 Å². The summed E-state index contributed by atoms with van der Waals surface area (Å²) in [6, 6.07) is 0. The van der Waals surface area contributed by atoms with Crippen LogP contribution in [-0.4, -0.2) is 23.0 Å². The van der Waals surface area contributed by atoms with Gasteiger partial charge in [-0.15, -0.1) is 11.3 Å². The molecule has 1 aliphatic heterocycles. The lowest BCUT2D eigenvalue weighted by Crippen LogP contribution is -2.32. The Hall–Kier alpha value is -0.410. The molecule has 16 heavy (non-hydrogen) atoms. The van der Waals surface area contributed by atoms with Gasteiger partial charge in [-0.2, -0.15) is 0 Å². The molecule has 1 saturated carbocycles. The molecule has 3 rings (SSSR count). The molecule has 2 nitrogen and oxygen atoms in total. The first kappa shape index (κ1) is 10.7. The molecule has 1 aromatic heterocycles. The fourth-order valence-corrected chi connectivity index (χ4v) is 3.29. The van der Waals surface area contributed by atoms with Gasteiger partial charge in [0.25, 0.3) is 0 Å². The van der Waals surface area contributed by atoms with Crippen molar-refractivity contribution in [3.8, 4) is 0 Å². The third-order valence-corrected chi connectivity index (χ3v) is 4.65. The molecule has 2 fully saturated rings. The third-order valence-electron chi connectivity index (χ3n) is 3.80. The average Bonchev–Trinajstić information content (AvgIpc) is 3.04. The predicted octanol–water partition coefficient (Wildman–Crippen LogP) is 3.25. The first-order valence-corrected chi connectivity index (χ1v) is 7.36. The number of likely N-dealkylation sites (tertiary alicyclic amines) is 1. The van der Waals surface area contributed by atoms with Crippen molar-refractivity contribution < 1.29 is 0 Å². The minimum atomic E-state index is 0.811. The second-order valence-electron chi connectivity index (χ2n) is 5.40. The molecule has 1 aliphatic carbocycles. The van der Waals surface area contributed by atoms with Crippen LogP contribution in [0.2, 0.25) is 0 Å². The minimum absolute atomic E-state index is 0.811. The van der Waals surface area contributed by atoms with E-state index in [-0.39, 0.29) is 0 Å². The molecular weight excluding hydrogens is 216 g/mol. The minimum Gasteiger partial charge on any atom is -0.297 e. The van der Waals surface area contributed by atoms with E-state index >= 15 is 0 Å². The first-order chi connectivity index (χ1) is 7.81. The molecule has 0 bridgehead atoms. The van der Waals surface area contributed by atoms with Crippen LogP contribution in [0.15, 0.2) is 5.38 Å². The van der Waals surface area contributed by atoms with Gasteiger partial charge in [0.15, 0.2) is 0 Å². The van der Waals surface area contributed by atoms with Gasteiger partial charge in [0.2, 0.25) is 0 Å². The Balaban J connectivity index is 1.56. The first-order valence-electron chi connectivity index (χ1n) is 6.48. The van der Waals surface area contributed by atoms with Gasteiger partial charge in [0.05, 0.1) is 12.2 Å². The number of piperidine rings is 1. The summed E-state index contributed by atoms with van der Waals surface area (Å²) in [7, 11) is 0. The summed E-state index contributed by atoms with van der Waals surface area (Å²) in [6.45, 7) is 5.98. The van der Waals surface area contributed by atoms with E-state index in [1.807, 2.05) is 11.3 Å². The molecule has 0 atom stereocenters. The van der Waals surface area contributed by atoms with Crippen LogP contribution < -0.4 is 0 Å². The van der Waals surface area contributed by atoms with Crippen LogP contribution >= 0.6 is 11.3 Å². The van der Waals surface area contributed by atoms with E-state index in [1.165, 1.54) is 49.5 Å². The number of nitrogens with zero attached hydrogens (tertiary/aromatic N) is 2. The van der Waals surface area contributed by atoms with Gasteiger partial charge in [-0.3, -0.25) is 4.90 Å². The van der Waals surface area contributed by atoms with E-state index in [1.54, 1.807) is 0 Å². The molecule has 1 aromatic rings. The van der Waals surface area contributed by atoms with E-state index in [0.29, 0.717) is 0 Å². The second-order valence-corrected chi connectivity index (χ2v) is 6.34. The highest BCUT2D eigenvalue weighted by Gasteiger charge is 2.26. The topological polar surface area (TPSA) is 16.1 Å². The standard InChI is InChI=1S/C13H20N2S/c1-10-4-6-15(7-5-10)8-13-14-12(9-16-13)11-2-3-11/h9-11H,2-8H2,1H3. The molecular formula is C13H20N2S. The maximum absolute atomic E-state index is 4.76. The molecule has 0 unspecified atom stereocenters. The summed E-state index contributed by atoms with van der Waals surface area (Å²) in [4.78, 5) is 7.33. The van der Waals surface area contributed by atoms with Crippen molar-refractivity contribution in [2.45, 2.75) is 45.1 Å². The van der Waals surface area contributed by atoms with E-state index in [2.05, 4.69) is 17.2 Å². The summed E-state index contributed by atoms with van der Waals surface area (Å²) < 4.78 is 0. The Morgan fingerprint density at radius 1 is 1.31 bits per heavy atom. The predicted molar refractivity (Wildman–Crippen MR) is 67.8 cm³/mol. The van der Waals surface area contributed by atoms with Crippen molar-refractivity contribution in [2.75, 3.05) is 13.1 Å². The fourth-order valence-electron chi connectivity index (χ4n) is 2.38. The van der Waals surface area contributed by atoms with Crippen molar-refractivity contribution in [1.29, 1.82) is 0 Å². The zero-order valence-electron chi connectivity index (χ0n) is 9.98. The summed E-state index contributed by atoms with van der Waals surface area (Å²) >= 11 is 1.86. The second kappa shape index (κ2) is 4.46. The Morgan fingerprint density at radius 3 is 2.75 bits per heavy atom. The summed E-state index contributed by atoms with van der Waals surface area (Å²) in [6.07, 6.45) is 5.45. The molecule has 0 N–H and O–H groups in total. The molecule has 2 heterocycles. The van der Waals surface area contributed by atoms with Crippen LogP contribution in [0.3, 0.4) is 0 Å². The average molecular weight is 236 g/mol. The molecule has 3 heteroatoms. The van der Waals surface area contributed by atoms with E-state index in [9.17, 15) is 0 Å². The Morgan fingerprint density at radius 2 is 2.06 bits per heavy atom. The smallest absolute Gasteiger partial charge is 0.107 e. The normalized spacial score (nSPS) is 23.8. The summed E-state index contributed by atoms with van der Waals surface area (Å²) in [5, 5.41) is 3.61. The highest BCUT2D eigenvalue weighted by Crippen LogP contribution is 2.40. The maximum atomic E-state index is 4.76. The fraction of sp³-hybridized carbons (Fsp3) is 0.769. The Bertz CT molecular complexity index is 349. The monoisotopic (exact) mass is 236 g/mol. The van der Waals surface area contributed by atoms with Crippen LogP contribution in [0.4, 0.5) is 0 Å². The van der Waals surface area contributed by atoms with Crippen molar-refractivity contribution in [2.24, 2.45) is 5.92 Å². The largest absolute Gasteiger partial charge is 0.297 e. The molecule has 88 valence electrons. The highest BCUT2D eigenvalue weighted by molar-refractivity contribution is 7.09. The van der Waals surface area contributed by atoms with Gasteiger partial charge in [0.1, 0.15) is 5.01 Å². The Labute approximate surface area is 102 Å². The summed E-state index contributed by atoms with van der Waals surface area (Å²) in [5.41, 5.74) is 1.37. The van der Waals surface area contributed by atoms with E-state index in [0.717, 1.165) is 18.4 Å². The van der Waals surface area contributed by atoms with Crippen molar-refractivity contribution in [3.05, 3.63) is 16.1 Å². The van der Waals surface area contributed by atoms with Crippen molar-refractivity contribution in [1.82, 2.24) is 9.88 Å². The summed E-state index contributed by atoms with van der Waals surface area (Å²) in [5.74, 6) is 1.74. The van der Waals surface area contributed by atoms with E-state index in [4.69, 9.17) is 4.98 Å². The van der Waals surface area contributed by atoms with Crippen LogP contribution in [0, 0.1) is 5.92 Å². The van der Waals surface area contributed by atoms with Gasteiger partial charge in [-0.05, 0) is 44.7 Å². The maximum Gasteiger partial charge on any atom is 0.107 e. The quantitative estimate of drug-likeness (QED) is 0.801. The number of aromatic nitrogens is 1. The van der Waals surface area contributed by atoms with E-state index < -0.39 is 0 Å². The number of rotatable bonds is 3. The molecule has 0 radical (unpaired) electrons. The van der Waals surface area contributed by atoms with Gasteiger partial charge < -0.3 is 0 Å². The van der Waals surface area contributed by atoms with Gasteiger partial charge >= 0.3 is 0 Å². The number of hydrogen-bond donors (Lipinski definition) is 0. The van der Waals surface area contributed by atoms with Crippen LogP contribution in [0.25, 0.3) is 0 Å².